The molecule has 7 heteroatoms. The van der Waals surface area contributed by atoms with Crippen molar-refractivity contribution in [3.63, 3.8) is 0 Å². The topological polar surface area (TPSA) is 96.6 Å². The highest BCUT2D eigenvalue weighted by molar-refractivity contribution is 5.67. The molecule has 2 unspecified atom stereocenters. The highest BCUT2D eigenvalue weighted by Crippen LogP contribution is 2.29. The molecule has 2 rings (SSSR count). The molecular formula is C14H19N3O4. The second kappa shape index (κ2) is 6.51. The summed E-state index contributed by atoms with van der Waals surface area (Å²) in [5, 5.41) is 19.5. The smallest absolute Gasteiger partial charge is 0.363 e. The van der Waals surface area contributed by atoms with E-state index in [-0.39, 0.29) is 18.2 Å². The molecule has 1 N–H and O–H groups in total. The van der Waals surface area contributed by atoms with Gasteiger partial charge in [-0.2, -0.15) is 0 Å². The fourth-order valence-electron chi connectivity index (χ4n) is 2.82. The van der Waals surface area contributed by atoms with Crippen molar-refractivity contribution in [2.45, 2.75) is 26.2 Å². The van der Waals surface area contributed by atoms with Gasteiger partial charge in [0.1, 0.15) is 0 Å². The monoisotopic (exact) mass is 293 g/mol. The number of aliphatic carboxylic acids is 1. The van der Waals surface area contributed by atoms with Crippen molar-refractivity contribution in [1.82, 2.24) is 4.98 Å². The molecule has 2 heterocycles. The van der Waals surface area contributed by atoms with Crippen LogP contribution in [0.4, 0.5) is 11.5 Å². The number of carboxylic acids is 1. The van der Waals surface area contributed by atoms with Crippen LogP contribution in [-0.4, -0.2) is 34.1 Å². The third-order valence-corrected chi connectivity index (χ3v) is 4.04. The molecule has 0 spiro atoms. The van der Waals surface area contributed by atoms with E-state index in [1.165, 1.54) is 12.3 Å². The maximum absolute atomic E-state index is 10.8. The van der Waals surface area contributed by atoms with Crippen LogP contribution in [0.1, 0.15) is 26.2 Å². The van der Waals surface area contributed by atoms with Crippen LogP contribution in [0.3, 0.4) is 0 Å². The van der Waals surface area contributed by atoms with Crippen molar-refractivity contribution in [1.29, 1.82) is 0 Å². The van der Waals surface area contributed by atoms with Crippen LogP contribution in [-0.2, 0) is 4.79 Å². The van der Waals surface area contributed by atoms with Gasteiger partial charge < -0.3 is 20.1 Å². The van der Waals surface area contributed by atoms with E-state index in [1.54, 1.807) is 6.07 Å². The van der Waals surface area contributed by atoms with Gasteiger partial charge in [0, 0.05) is 25.6 Å². The Bertz CT molecular complexity index is 517. The number of carboxylic acid groups (broad SMARTS) is 1. The molecule has 0 radical (unpaired) electrons. The number of anilines is 1. The summed E-state index contributed by atoms with van der Waals surface area (Å²) in [5.41, 5.74) is 0.854. The molecule has 2 atom stereocenters. The van der Waals surface area contributed by atoms with Gasteiger partial charge in [-0.1, -0.05) is 6.92 Å². The number of nitrogens with zero attached hydrogens (tertiary/aromatic N) is 3. The van der Waals surface area contributed by atoms with Gasteiger partial charge in [-0.05, 0) is 40.7 Å². The van der Waals surface area contributed by atoms with Gasteiger partial charge in [-0.3, -0.25) is 4.79 Å². The normalized spacial score (nSPS) is 20.0. The molecule has 0 aliphatic carbocycles. The Labute approximate surface area is 122 Å². The fourth-order valence-corrected chi connectivity index (χ4v) is 2.82. The Morgan fingerprint density at radius 2 is 2.38 bits per heavy atom. The SMILES string of the molecule is CC(CC(=O)O)C1CCCN(c2ccc([N+](=O)[O-])nc2)C1. The highest BCUT2D eigenvalue weighted by atomic mass is 16.6. The summed E-state index contributed by atoms with van der Waals surface area (Å²) in [6.45, 7) is 3.61. The lowest BCUT2D eigenvalue weighted by Gasteiger charge is -2.36. The Morgan fingerprint density at radius 1 is 1.62 bits per heavy atom. The third kappa shape index (κ3) is 3.90. The summed E-state index contributed by atoms with van der Waals surface area (Å²) in [7, 11) is 0. The van der Waals surface area contributed by atoms with Crippen molar-refractivity contribution in [3.8, 4) is 0 Å². The van der Waals surface area contributed by atoms with Crippen molar-refractivity contribution in [3.05, 3.63) is 28.4 Å². The second-order valence-corrected chi connectivity index (χ2v) is 5.56. The van der Waals surface area contributed by atoms with E-state index in [4.69, 9.17) is 5.11 Å². The predicted octanol–water partition coefficient (Wildman–Crippen LogP) is 2.32. The Morgan fingerprint density at radius 3 is 2.95 bits per heavy atom. The predicted molar refractivity (Wildman–Crippen MR) is 77.2 cm³/mol. The number of rotatable bonds is 5. The van der Waals surface area contributed by atoms with Crippen molar-refractivity contribution < 1.29 is 14.8 Å². The van der Waals surface area contributed by atoms with Crippen LogP contribution in [0.25, 0.3) is 0 Å². The summed E-state index contributed by atoms with van der Waals surface area (Å²) in [6.07, 6.45) is 3.70. The van der Waals surface area contributed by atoms with Gasteiger partial charge >= 0.3 is 11.8 Å². The average molecular weight is 293 g/mol. The first-order chi connectivity index (χ1) is 9.97. The maximum Gasteiger partial charge on any atom is 0.363 e. The number of aromatic nitrogens is 1. The van der Waals surface area contributed by atoms with Crippen LogP contribution in [0.15, 0.2) is 18.3 Å². The molecule has 1 aliphatic rings. The molecule has 1 aromatic rings. The molecule has 7 nitrogen and oxygen atoms in total. The zero-order valence-electron chi connectivity index (χ0n) is 11.9. The lowest BCUT2D eigenvalue weighted by Crippen LogP contribution is -2.38. The minimum atomic E-state index is -0.767. The highest BCUT2D eigenvalue weighted by Gasteiger charge is 2.26. The van der Waals surface area contributed by atoms with E-state index in [9.17, 15) is 14.9 Å². The number of hydrogen-bond acceptors (Lipinski definition) is 5. The van der Waals surface area contributed by atoms with Crippen LogP contribution >= 0.6 is 0 Å². The van der Waals surface area contributed by atoms with Crippen molar-refractivity contribution in [2.24, 2.45) is 11.8 Å². The largest absolute Gasteiger partial charge is 0.481 e. The first-order valence-corrected chi connectivity index (χ1v) is 7.04. The summed E-state index contributed by atoms with van der Waals surface area (Å²) in [5.74, 6) is -0.482. The van der Waals surface area contributed by atoms with E-state index in [1.807, 2.05) is 6.92 Å². The molecule has 21 heavy (non-hydrogen) atoms. The number of hydrogen-bond donors (Lipinski definition) is 1. The summed E-state index contributed by atoms with van der Waals surface area (Å²) in [4.78, 5) is 26.9. The molecule has 0 bridgehead atoms. The van der Waals surface area contributed by atoms with Crippen LogP contribution in [0, 0.1) is 22.0 Å². The minimum Gasteiger partial charge on any atom is -0.481 e. The average Bonchev–Trinajstić information content (AvgIpc) is 2.47. The molecule has 0 amide bonds. The number of carbonyl (C=O) groups is 1. The summed E-state index contributed by atoms with van der Waals surface area (Å²) >= 11 is 0. The zero-order chi connectivity index (χ0) is 15.4. The quantitative estimate of drug-likeness (QED) is 0.661. The van der Waals surface area contributed by atoms with E-state index >= 15 is 0 Å². The number of piperidine rings is 1. The van der Waals surface area contributed by atoms with Crippen molar-refractivity contribution in [2.75, 3.05) is 18.0 Å². The van der Waals surface area contributed by atoms with Crippen LogP contribution < -0.4 is 4.90 Å². The Balaban J connectivity index is 2.03. The zero-order valence-corrected chi connectivity index (χ0v) is 11.9. The molecule has 1 fully saturated rings. The van der Waals surface area contributed by atoms with Gasteiger partial charge in [-0.25, -0.2) is 0 Å². The molecule has 114 valence electrons. The van der Waals surface area contributed by atoms with Gasteiger partial charge in [-0.15, -0.1) is 0 Å². The second-order valence-electron chi connectivity index (χ2n) is 5.56. The van der Waals surface area contributed by atoms with Gasteiger partial charge in [0.2, 0.25) is 0 Å². The number of pyridine rings is 1. The minimum absolute atomic E-state index is 0.122. The molecule has 0 aromatic carbocycles. The summed E-state index contributed by atoms with van der Waals surface area (Å²) in [6, 6.07) is 3.11. The van der Waals surface area contributed by atoms with Gasteiger partial charge in [0.25, 0.3) is 0 Å². The van der Waals surface area contributed by atoms with Gasteiger partial charge in [0.05, 0.1) is 5.69 Å². The van der Waals surface area contributed by atoms with E-state index in [0.717, 1.165) is 31.6 Å². The molecule has 1 aliphatic heterocycles. The molecular weight excluding hydrogens is 274 g/mol. The van der Waals surface area contributed by atoms with Crippen LogP contribution in [0.5, 0.6) is 0 Å². The van der Waals surface area contributed by atoms with Gasteiger partial charge in [0.15, 0.2) is 6.20 Å². The lowest BCUT2D eigenvalue weighted by molar-refractivity contribution is -0.389. The van der Waals surface area contributed by atoms with Crippen LogP contribution in [0.2, 0.25) is 0 Å². The first kappa shape index (κ1) is 15.2. The van der Waals surface area contributed by atoms with E-state index in [0.29, 0.717) is 5.92 Å². The van der Waals surface area contributed by atoms with Crippen molar-refractivity contribution >= 4 is 17.5 Å². The molecule has 0 saturated carbocycles. The Kier molecular flexibility index (Phi) is 4.72. The number of nitro groups is 1. The molecule has 1 aromatic heterocycles. The standard InChI is InChI=1S/C14H19N3O4/c1-10(7-14(18)19)11-3-2-6-16(9-11)12-4-5-13(15-8-12)17(20)21/h4-5,8,10-11H,2-3,6-7,9H2,1H3,(H,18,19). The Hall–Kier alpha value is -2.18. The summed E-state index contributed by atoms with van der Waals surface area (Å²) < 4.78 is 0. The lowest BCUT2D eigenvalue weighted by atomic mass is 9.84. The fraction of sp³-hybridized carbons (Fsp3) is 0.571. The molecule has 1 saturated heterocycles. The third-order valence-electron chi connectivity index (χ3n) is 4.04. The maximum atomic E-state index is 10.8. The first-order valence-electron chi connectivity index (χ1n) is 7.04. The van der Waals surface area contributed by atoms with E-state index in [2.05, 4.69) is 9.88 Å². The van der Waals surface area contributed by atoms with E-state index < -0.39 is 10.9 Å².